The number of hydrogen-bond donors (Lipinski definition) is 1. The fourth-order valence-electron chi connectivity index (χ4n) is 2.81. The van der Waals surface area contributed by atoms with E-state index in [9.17, 15) is 9.59 Å². The van der Waals surface area contributed by atoms with Crippen LogP contribution in [0.1, 0.15) is 49.5 Å². The topological polar surface area (TPSA) is 83.1 Å². The fraction of sp³-hybridized carbons (Fsp3) is 0.500. The van der Waals surface area contributed by atoms with Crippen molar-refractivity contribution in [2.24, 2.45) is 0 Å². The number of hydrogen-bond acceptors (Lipinski definition) is 6. The number of carbonyl (C=O) groups is 2. The quantitative estimate of drug-likeness (QED) is 0.763. The monoisotopic (exact) mass is 377 g/mol. The Labute approximate surface area is 159 Å². The third-order valence-corrected chi connectivity index (χ3v) is 4.08. The molecule has 27 heavy (non-hydrogen) atoms. The number of ether oxygens (including phenoxy) is 4. The highest BCUT2D eigenvalue weighted by Crippen LogP contribution is 2.37. The highest BCUT2D eigenvalue weighted by Gasteiger charge is 2.34. The molecular formula is C20H27NO6. The van der Waals surface area contributed by atoms with Crippen molar-refractivity contribution in [3.63, 3.8) is 0 Å². The molecule has 0 aromatic heterocycles. The van der Waals surface area contributed by atoms with Gasteiger partial charge in [-0.3, -0.25) is 0 Å². The van der Waals surface area contributed by atoms with Crippen molar-refractivity contribution in [3.8, 4) is 11.5 Å². The second-order valence-corrected chi connectivity index (χ2v) is 7.31. The minimum Gasteiger partial charge on any atom is -0.492 e. The van der Waals surface area contributed by atoms with E-state index in [1.165, 1.54) is 20.3 Å². The lowest BCUT2D eigenvalue weighted by Crippen LogP contribution is -2.50. The van der Waals surface area contributed by atoms with Gasteiger partial charge in [0.1, 0.15) is 11.7 Å². The highest BCUT2D eigenvalue weighted by molar-refractivity contribution is 5.95. The Bertz CT molecular complexity index is 716. The van der Waals surface area contributed by atoms with Gasteiger partial charge >= 0.3 is 12.1 Å². The van der Waals surface area contributed by atoms with Gasteiger partial charge in [-0.25, -0.2) is 9.59 Å². The SMILES string of the molecule is C=Cc1c(C(=O)OC)ccc(O[C@H]2C[C@H](NC(=O)OC(C)(C)C)C2)c1OC. The zero-order chi connectivity index (χ0) is 20.2. The van der Waals surface area contributed by atoms with Crippen molar-refractivity contribution in [1.29, 1.82) is 0 Å². The summed E-state index contributed by atoms with van der Waals surface area (Å²) in [6.07, 6.45) is 2.35. The summed E-state index contributed by atoms with van der Waals surface area (Å²) in [7, 11) is 2.82. The van der Waals surface area contributed by atoms with Crippen molar-refractivity contribution in [2.45, 2.75) is 51.4 Å². The first-order chi connectivity index (χ1) is 12.7. The molecule has 1 amide bonds. The van der Waals surface area contributed by atoms with Crippen LogP contribution < -0.4 is 14.8 Å². The van der Waals surface area contributed by atoms with E-state index in [0.717, 1.165) is 0 Å². The van der Waals surface area contributed by atoms with Crippen LogP contribution in [0.3, 0.4) is 0 Å². The predicted octanol–water partition coefficient (Wildman–Crippen LogP) is 3.56. The predicted molar refractivity (Wildman–Crippen MR) is 101 cm³/mol. The average Bonchev–Trinajstić information content (AvgIpc) is 2.56. The normalized spacial score (nSPS) is 18.7. The van der Waals surface area contributed by atoms with Crippen molar-refractivity contribution in [2.75, 3.05) is 14.2 Å². The van der Waals surface area contributed by atoms with Gasteiger partial charge in [0, 0.05) is 24.4 Å². The third-order valence-electron chi connectivity index (χ3n) is 4.08. The molecule has 7 heteroatoms. The molecule has 1 aromatic carbocycles. The smallest absolute Gasteiger partial charge is 0.407 e. The average molecular weight is 377 g/mol. The van der Waals surface area contributed by atoms with E-state index in [1.54, 1.807) is 12.1 Å². The summed E-state index contributed by atoms with van der Waals surface area (Å²) in [6, 6.07) is 3.30. The van der Waals surface area contributed by atoms with E-state index in [1.807, 2.05) is 20.8 Å². The summed E-state index contributed by atoms with van der Waals surface area (Å²) in [6.45, 7) is 9.20. The fourth-order valence-corrected chi connectivity index (χ4v) is 2.81. The number of carbonyl (C=O) groups excluding carboxylic acids is 2. The molecular weight excluding hydrogens is 350 g/mol. The third kappa shape index (κ3) is 5.15. The molecule has 0 radical (unpaired) electrons. The van der Waals surface area contributed by atoms with Crippen molar-refractivity contribution in [1.82, 2.24) is 5.32 Å². The summed E-state index contributed by atoms with van der Waals surface area (Å²) in [4.78, 5) is 23.7. The van der Waals surface area contributed by atoms with Crippen LogP contribution in [0.15, 0.2) is 18.7 Å². The first-order valence-electron chi connectivity index (χ1n) is 8.76. The Morgan fingerprint density at radius 1 is 1.22 bits per heavy atom. The molecule has 1 saturated carbocycles. The van der Waals surface area contributed by atoms with Crippen LogP contribution in [0.2, 0.25) is 0 Å². The summed E-state index contributed by atoms with van der Waals surface area (Å²) in [5.74, 6) is 0.470. The maximum Gasteiger partial charge on any atom is 0.407 e. The molecule has 1 aromatic rings. The largest absolute Gasteiger partial charge is 0.492 e. The maximum absolute atomic E-state index is 11.9. The zero-order valence-corrected chi connectivity index (χ0v) is 16.5. The molecule has 0 bridgehead atoms. The number of rotatable bonds is 6. The lowest BCUT2D eigenvalue weighted by Gasteiger charge is -2.36. The molecule has 0 heterocycles. The number of alkyl carbamates (subject to hydrolysis) is 1. The van der Waals surface area contributed by atoms with Crippen molar-refractivity contribution in [3.05, 3.63) is 29.8 Å². The van der Waals surface area contributed by atoms with Crippen molar-refractivity contribution < 1.29 is 28.5 Å². The lowest BCUT2D eigenvalue weighted by atomic mass is 9.89. The number of amides is 1. The molecule has 1 aliphatic rings. The lowest BCUT2D eigenvalue weighted by molar-refractivity contribution is 0.0358. The Balaban J connectivity index is 2.00. The number of methoxy groups -OCH3 is 2. The molecule has 0 atom stereocenters. The van der Waals surface area contributed by atoms with Crippen LogP contribution >= 0.6 is 0 Å². The standard InChI is InChI=1S/C20H27NO6/c1-7-14-15(18(22)25-6)8-9-16(17(14)24-5)26-13-10-12(11-13)21-19(23)27-20(2,3)4/h7-9,12-13H,1,10-11H2,2-6H3,(H,21,23)/t12-,13-. The number of esters is 1. The Morgan fingerprint density at radius 2 is 1.89 bits per heavy atom. The minimum absolute atomic E-state index is 0.00376. The minimum atomic E-state index is -0.528. The van der Waals surface area contributed by atoms with Gasteiger partial charge in [-0.05, 0) is 32.9 Å². The molecule has 1 fully saturated rings. The van der Waals surface area contributed by atoms with E-state index in [2.05, 4.69) is 11.9 Å². The van der Waals surface area contributed by atoms with Gasteiger partial charge in [-0.1, -0.05) is 12.7 Å². The van der Waals surface area contributed by atoms with E-state index in [0.29, 0.717) is 35.5 Å². The van der Waals surface area contributed by atoms with E-state index in [4.69, 9.17) is 18.9 Å². The first-order valence-corrected chi connectivity index (χ1v) is 8.76. The van der Waals surface area contributed by atoms with Crippen LogP contribution in [-0.4, -0.2) is 44.0 Å². The molecule has 2 rings (SSSR count). The van der Waals surface area contributed by atoms with Gasteiger partial charge in [-0.15, -0.1) is 0 Å². The van der Waals surface area contributed by atoms with E-state index >= 15 is 0 Å². The van der Waals surface area contributed by atoms with Gasteiger partial charge in [0.15, 0.2) is 11.5 Å². The summed E-state index contributed by atoms with van der Waals surface area (Å²) in [5.41, 5.74) is 0.346. The van der Waals surface area contributed by atoms with Gasteiger partial charge in [0.05, 0.1) is 19.8 Å². The Kier molecular flexibility index (Phi) is 6.36. The van der Waals surface area contributed by atoms with Crippen LogP contribution in [0.25, 0.3) is 6.08 Å². The second-order valence-electron chi connectivity index (χ2n) is 7.31. The van der Waals surface area contributed by atoms with E-state index < -0.39 is 17.7 Å². The molecule has 0 saturated heterocycles. The van der Waals surface area contributed by atoms with Crippen molar-refractivity contribution >= 4 is 18.1 Å². The van der Waals surface area contributed by atoms with Gasteiger partial charge in [-0.2, -0.15) is 0 Å². The molecule has 148 valence electrons. The molecule has 0 unspecified atom stereocenters. The maximum atomic E-state index is 11.9. The Hall–Kier alpha value is -2.70. The molecule has 0 spiro atoms. The molecule has 1 N–H and O–H groups in total. The molecule has 7 nitrogen and oxygen atoms in total. The number of nitrogens with one attached hydrogen (secondary N) is 1. The van der Waals surface area contributed by atoms with Crippen LogP contribution in [0, 0.1) is 0 Å². The van der Waals surface area contributed by atoms with Crippen LogP contribution in [0.4, 0.5) is 4.79 Å². The first kappa shape index (κ1) is 20.6. The molecule has 1 aliphatic carbocycles. The molecule has 0 aliphatic heterocycles. The second kappa shape index (κ2) is 8.33. The van der Waals surface area contributed by atoms with E-state index in [-0.39, 0.29) is 12.1 Å². The number of benzene rings is 1. The summed E-state index contributed by atoms with van der Waals surface area (Å²) in [5, 5.41) is 2.82. The highest BCUT2D eigenvalue weighted by atomic mass is 16.6. The van der Waals surface area contributed by atoms with Gasteiger partial charge in [0.2, 0.25) is 0 Å². The van der Waals surface area contributed by atoms with Gasteiger partial charge < -0.3 is 24.3 Å². The van der Waals surface area contributed by atoms with Crippen LogP contribution in [0.5, 0.6) is 11.5 Å². The summed E-state index contributed by atoms with van der Waals surface area (Å²) < 4.78 is 21.4. The van der Waals surface area contributed by atoms with Crippen LogP contribution in [-0.2, 0) is 9.47 Å². The van der Waals surface area contributed by atoms with Gasteiger partial charge in [0.25, 0.3) is 0 Å². The Morgan fingerprint density at radius 3 is 2.41 bits per heavy atom. The summed E-state index contributed by atoms with van der Waals surface area (Å²) >= 11 is 0. The zero-order valence-electron chi connectivity index (χ0n) is 16.5.